The number of morpholine rings is 1. The molecule has 2 N–H and O–H groups in total. The Balaban J connectivity index is 1.66. The number of nitrogens with one attached hydrogen (secondary N) is 2. The number of guanidine groups is 1. The van der Waals surface area contributed by atoms with Crippen LogP contribution in [0.4, 0.5) is 5.69 Å². The number of rotatable bonds is 5. The van der Waals surface area contributed by atoms with E-state index in [9.17, 15) is 4.79 Å². The Hall–Kier alpha value is -2.12. The third kappa shape index (κ3) is 5.68. The molecule has 1 aromatic carbocycles. The molecule has 7 heteroatoms. The maximum Gasteiger partial charge on any atom is 0.221 e. The van der Waals surface area contributed by atoms with Gasteiger partial charge in [-0.25, -0.2) is 4.99 Å². The molecule has 3 rings (SSSR count). The molecule has 2 fully saturated rings. The fraction of sp³-hybridized carbons (Fsp3) is 0.600. The Morgan fingerprint density at radius 2 is 2.15 bits per heavy atom. The van der Waals surface area contributed by atoms with Gasteiger partial charge in [-0.3, -0.25) is 4.79 Å². The lowest BCUT2D eigenvalue weighted by Crippen LogP contribution is -2.53. The molecule has 0 bridgehead atoms. The van der Waals surface area contributed by atoms with Gasteiger partial charge in [0, 0.05) is 38.9 Å². The van der Waals surface area contributed by atoms with E-state index in [1.54, 1.807) is 0 Å². The van der Waals surface area contributed by atoms with Crippen molar-refractivity contribution < 1.29 is 14.3 Å². The summed E-state index contributed by atoms with van der Waals surface area (Å²) in [6.45, 7) is 8.09. The van der Waals surface area contributed by atoms with Gasteiger partial charge in [0.15, 0.2) is 5.96 Å². The number of hydrogen-bond acceptors (Lipinski definition) is 4. The van der Waals surface area contributed by atoms with Crippen LogP contribution in [0, 0.1) is 0 Å². The van der Waals surface area contributed by atoms with E-state index >= 15 is 0 Å². The van der Waals surface area contributed by atoms with Gasteiger partial charge in [0.2, 0.25) is 5.91 Å². The van der Waals surface area contributed by atoms with E-state index < -0.39 is 0 Å². The van der Waals surface area contributed by atoms with Gasteiger partial charge in [-0.15, -0.1) is 0 Å². The van der Waals surface area contributed by atoms with Crippen molar-refractivity contribution in [1.82, 2.24) is 10.2 Å². The summed E-state index contributed by atoms with van der Waals surface area (Å²) in [5.74, 6) is 0.825. The normalized spacial score (nSPS) is 23.3. The molecule has 0 spiro atoms. The van der Waals surface area contributed by atoms with Gasteiger partial charge >= 0.3 is 0 Å². The van der Waals surface area contributed by atoms with Crippen molar-refractivity contribution in [2.75, 3.05) is 38.2 Å². The minimum absolute atomic E-state index is 0.0718. The zero-order valence-corrected chi connectivity index (χ0v) is 16.2. The molecule has 2 atom stereocenters. The second-order valence-electron chi connectivity index (χ2n) is 6.96. The van der Waals surface area contributed by atoms with Crippen molar-refractivity contribution >= 4 is 17.6 Å². The van der Waals surface area contributed by atoms with Crippen molar-refractivity contribution in [2.45, 2.75) is 45.4 Å². The smallest absolute Gasteiger partial charge is 0.221 e. The highest BCUT2D eigenvalue weighted by atomic mass is 16.5. The molecule has 2 unspecified atom stereocenters. The molecule has 2 heterocycles. The Bertz CT molecular complexity index is 658. The van der Waals surface area contributed by atoms with E-state index in [2.05, 4.69) is 22.5 Å². The zero-order chi connectivity index (χ0) is 19.1. The van der Waals surface area contributed by atoms with Crippen LogP contribution in [0.1, 0.15) is 32.3 Å². The highest BCUT2D eigenvalue weighted by Crippen LogP contribution is 2.21. The van der Waals surface area contributed by atoms with Gasteiger partial charge in [0.05, 0.1) is 19.3 Å². The first-order chi connectivity index (χ1) is 13.2. The molecular weight excluding hydrogens is 344 g/mol. The average molecular weight is 374 g/mol. The monoisotopic (exact) mass is 374 g/mol. The lowest BCUT2D eigenvalue weighted by atomic mass is 10.1. The van der Waals surface area contributed by atoms with Crippen LogP contribution in [0.2, 0.25) is 0 Å². The molecule has 0 aliphatic carbocycles. The molecule has 2 saturated heterocycles. The number of amides is 1. The largest absolute Gasteiger partial charge is 0.375 e. The Kier molecular flexibility index (Phi) is 7.06. The molecule has 2 aliphatic rings. The molecular formula is C20H30N4O3. The summed E-state index contributed by atoms with van der Waals surface area (Å²) in [7, 11) is 0. The van der Waals surface area contributed by atoms with E-state index in [1.807, 2.05) is 24.3 Å². The number of hydrogen-bond donors (Lipinski definition) is 2. The molecule has 27 heavy (non-hydrogen) atoms. The topological polar surface area (TPSA) is 75.2 Å². The number of ether oxygens (including phenoxy) is 2. The average Bonchev–Trinajstić information content (AvgIpc) is 3.20. The first-order valence-electron chi connectivity index (χ1n) is 9.78. The summed E-state index contributed by atoms with van der Waals surface area (Å²) < 4.78 is 11.8. The van der Waals surface area contributed by atoms with E-state index in [0.29, 0.717) is 13.2 Å². The summed E-state index contributed by atoms with van der Waals surface area (Å²) in [5.41, 5.74) is 1.85. The molecule has 0 saturated carbocycles. The Labute approximate surface area is 161 Å². The second-order valence-corrected chi connectivity index (χ2v) is 6.96. The van der Waals surface area contributed by atoms with Gasteiger partial charge in [-0.1, -0.05) is 12.1 Å². The molecule has 1 aromatic rings. The van der Waals surface area contributed by atoms with Gasteiger partial charge < -0.3 is 25.0 Å². The fourth-order valence-corrected chi connectivity index (χ4v) is 3.53. The van der Waals surface area contributed by atoms with Crippen LogP contribution >= 0.6 is 0 Å². The molecule has 2 aliphatic heterocycles. The lowest BCUT2D eigenvalue weighted by Gasteiger charge is -2.37. The van der Waals surface area contributed by atoms with E-state index in [0.717, 1.165) is 56.3 Å². The summed E-state index contributed by atoms with van der Waals surface area (Å²) in [6, 6.07) is 7.80. The standard InChI is InChI=1S/C20H30N4O3/c1-3-21-20(22-13-16-6-4-7-17(12-16)23-15(2)25)24-9-11-27-19(14-24)18-8-5-10-26-18/h4,6-7,12,18-19H,3,5,8-11,13-14H2,1-2H3,(H,21,22)(H,23,25). The number of aliphatic imine (C=N–C) groups is 1. The lowest BCUT2D eigenvalue weighted by molar-refractivity contribution is -0.114. The van der Waals surface area contributed by atoms with Crippen molar-refractivity contribution in [3.63, 3.8) is 0 Å². The number of anilines is 1. The Morgan fingerprint density at radius 1 is 1.30 bits per heavy atom. The van der Waals surface area contributed by atoms with Gasteiger partial charge in [0.1, 0.15) is 6.10 Å². The van der Waals surface area contributed by atoms with E-state index in [1.165, 1.54) is 6.92 Å². The number of nitrogens with zero attached hydrogens (tertiary/aromatic N) is 2. The van der Waals surface area contributed by atoms with Gasteiger partial charge in [0.25, 0.3) is 0 Å². The molecule has 0 aromatic heterocycles. The fourth-order valence-electron chi connectivity index (χ4n) is 3.53. The van der Waals surface area contributed by atoms with Crippen LogP contribution in [-0.4, -0.2) is 61.8 Å². The summed E-state index contributed by atoms with van der Waals surface area (Å²) >= 11 is 0. The third-order valence-corrected chi connectivity index (χ3v) is 4.77. The first-order valence-corrected chi connectivity index (χ1v) is 9.78. The molecule has 148 valence electrons. The summed E-state index contributed by atoms with van der Waals surface area (Å²) in [4.78, 5) is 18.3. The zero-order valence-electron chi connectivity index (χ0n) is 16.2. The first kappa shape index (κ1) is 19.6. The van der Waals surface area contributed by atoms with Crippen molar-refractivity contribution in [2.24, 2.45) is 4.99 Å². The van der Waals surface area contributed by atoms with Crippen LogP contribution in [0.15, 0.2) is 29.3 Å². The molecule has 7 nitrogen and oxygen atoms in total. The van der Waals surface area contributed by atoms with Gasteiger partial charge in [-0.05, 0) is 37.5 Å². The predicted octanol–water partition coefficient (Wildman–Crippen LogP) is 1.99. The quantitative estimate of drug-likeness (QED) is 0.609. The maximum absolute atomic E-state index is 11.2. The second kappa shape index (κ2) is 9.71. The van der Waals surface area contributed by atoms with Crippen LogP contribution in [0.5, 0.6) is 0 Å². The predicted molar refractivity (Wildman–Crippen MR) is 106 cm³/mol. The number of carbonyl (C=O) groups excluding carboxylic acids is 1. The minimum atomic E-state index is -0.0718. The maximum atomic E-state index is 11.2. The summed E-state index contributed by atoms with van der Waals surface area (Å²) in [6.07, 6.45) is 2.49. The van der Waals surface area contributed by atoms with E-state index in [-0.39, 0.29) is 18.1 Å². The van der Waals surface area contributed by atoms with Crippen molar-refractivity contribution in [1.29, 1.82) is 0 Å². The number of carbonyl (C=O) groups is 1. The third-order valence-electron chi connectivity index (χ3n) is 4.77. The van der Waals surface area contributed by atoms with Gasteiger partial charge in [-0.2, -0.15) is 0 Å². The van der Waals surface area contributed by atoms with Crippen LogP contribution in [0.3, 0.4) is 0 Å². The highest BCUT2D eigenvalue weighted by molar-refractivity contribution is 5.88. The number of benzene rings is 1. The summed E-state index contributed by atoms with van der Waals surface area (Å²) in [5, 5.41) is 6.20. The van der Waals surface area contributed by atoms with Crippen molar-refractivity contribution in [3.8, 4) is 0 Å². The Morgan fingerprint density at radius 3 is 2.89 bits per heavy atom. The SMILES string of the molecule is CCNC(=NCc1cccc(NC(C)=O)c1)N1CCOC(C2CCCO2)C1. The minimum Gasteiger partial charge on any atom is -0.375 e. The van der Waals surface area contributed by atoms with Crippen LogP contribution in [0.25, 0.3) is 0 Å². The van der Waals surface area contributed by atoms with Crippen LogP contribution in [-0.2, 0) is 20.8 Å². The van der Waals surface area contributed by atoms with Crippen LogP contribution < -0.4 is 10.6 Å². The molecule has 1 amide bonds. The van der Waals surface area contributed by atoms with E-state index in [4.69, 9.17) is 14.5 Å². The highest BCUT2D eigenvalue weighted by Gasteiger charge is 2.32. The van der Waals surface area contributed by atoms with Crippen molar-refractivity contribution in [3.05, 3.63) is 29.8 Å². The molecule has 0 radical (unpaired) electrons.